The molecule has 2 aromatic carbocycles. The number of amides is 1. The third-order valence-electron chi connectivity index (χ3n) is 6.94. The summed E-state index contributed by atoms with van der Waals surface area (Å²) in [6.45, 7) is 6.79. The molecule has 3 aromatic rings. The number of hydrogen-bond acceptors (Lipinski definition) is 5. The molecule has 6 heteroatoms. The van der Waals surface area contributed by atoms with E-state index < -0.39 is 0 Å². The molecular weight excluding hydrogens is 470 g/mol. The molecule has 0 bridgehead atoms. The molecule has 0 unspecified atom stereocenters. The molecule has 0 saturated carbocycles. The fourth-order valence-corrected chi connectivity index (χ4v) is 6.37. The Morgan fingerprint density at radius 3 is 2.63 bits per heavy atom. The van der Waals surface area contributed by atoms with Crippen LogP contribution in [0.1, 0.15) is 42.9 Å². The van der Waals surface area contributed by atoms with E-state index >= 15 is 0 Å². The Morgan fingerprint density at radius 1 is 1.11 bits per heavy atom. The zero-order valence-corrected chi connectivity index (χ0v) is 22.0. The Balaban J connectivity index is 1.45. The van der Waals surface area contributed by atoms with Crippen LogP contribution in [0.2, 0.25) is 0 Å². The van der Waals surface area contributed by atoms with Crippen molar-refractivity contribution in [3.63, 3.8) is 0 Å². The van der Waals surface area contributed by atoms with Gasteiger partial charge in [-0.25, -0.2) is 4.98 Å². The monoisotopic (exact) mass is 501 g/mol. The summed E-state index contributed by atoms with van der Waals surface area (Å²) in [5.41, 5.74) is 4.62. The van der Waals surface area contributed by atoms with Gasteiger partial charge in [0, 0.05) is 30.6 Å². The van der Waals surface area contributed by atoms with Crippen molar-refractivity contribution in [2.24, 2.45) is 5.92 Å². The van der Waals surface area contributed by atoms with Crippen LogP contribution in [-0.2, 0) is 11.2 Å². The lowest BCUT2D eigenvalue weighted by Crippen LogP contribution is -2.35. The van der Waals surface area contributed by atoms with E-state index in [9.17, 15) is 4.79 Å². The maximum Gasteiger partial charge on any atom is 0.266 e. The molecule has 2 aliphatic rings. The van der Waals surface area contributed by atoms with Crippen molar-refractivity contribution in [2.75, 3.05) is 24.5 Å². The number of anilines is 1. The molecule has 2 fully saturated rings. The Labute approximate surface area is 217 Å². The van der Waals surface area contributed by atoms with Gasteiger partial charge in [0.25, 0.3) is 5.91 Å². The minimum Gasteiger partial charge on any atom is -0.356 e. The van der Waals surface area contributed by atoms with Gasteiger partial charge in [0.1, 0.15) is 10.1 Å². The van der Waals surface area contributed by atoms with Crippen molar-refractivity contribution in [3.8, 4) is 0 Å². The lowest BCUT2D eigenvalue weighted by molar-refractivity contribution is -0.122. The number of thiocarbonyl (C=S) groups is 1. The van der Waals surface area contributed by atoms with Crippen LogP contribution in [0.4, 0.5) is 5.82 Å². The highest BCUT2D eigenvalue weighted by Crippen LogP contribution is 2.36. The second-order valence-electron chi connectivity index (χ2n) is 9.50. The van der Waals surface area contributed by atoms with Gasteiger partial charge in [0.2, 0.25) is 0 Å². The zero-order chi connectivity index (χ0) is 24.4. The molecule has 0 atom stereocenters. The molecule has 35 heavy (non-hydrogen) atoms. The van der Waals surface area contributed by atoms with Gasteiger partial charge in [-0.05, 0) is 61.8 Å². The van der Waals surface area contributed by atoms with Gasteiger partial charge in [-0.15, -0.1) is 0 Å². The van der Waals surface area contributed by atoms with Crippen molar-refractivity contribution in [2.45, 2.75) is 39.5 Å². The van der Waals surface area contributed by atoms with E-state index in [0.717, 1.165) is 61.1 Å². The summed E-state index contributed by atoms with van der Waals surface area (Å²) in [6.07, 6.45) is 6.31. The molecule has 180 valence electrons. The number of rotatable bonds is 6. The molecule has 1 aromatic heterocycles. The average Bonchev–Trinajstić information content (AvgIpc) is 3.13. The summed E-state index contributed by atoms with van der Waals surface area (Å²) in [7, 11) is 0. The number of piperidine rings is 1. The Bertz CT molecular complexity index is 1280. The highest BCUT2D eigenvalue weighted by Gasteiger charge is 2.32. The first-order chi connectivity index (χ1) is 17.0. The fourth-order valence-electron chi connectivity index (χ4n) is 5.07. The molecule has 5 rings (SSSR count). The predicted molar refractivity (Wildman–Crippen MR) is 152 cm³/mol. The summed E-state index contributed by atoms with van der Waals surface area (Å²) in [5, 5.41) is 1.10. The van der Waals surface area contributed by atoms with Crippen LogP contribution in [-0.4, -0.2) is 39.7 Å². The fraction of sp³-hybridized carbons (Fsp3) is 0.345. The highest BCUT2D eigenvalue weighted by molar-refractivity contribution is 8.26. The third kappa shape index (κ3) is 5.14. The summed E-state index contributed by atoms with van der Waals surface area (Å²) >= 11 is 6.90. The van der Waals surface area contributed by atoms with Crippen LogP contribution in [0.3, 0.4) is 0 Å². The summed E-state index contributed by atoms with van der Waals surface area (Å²) in [5.74, 6) is 1.68. The van der Waals surface area contributed by atoms with Crippen LogP contribution >= 0.6 is 24.0 Å². The molecular formula is C29H31N3OS2. The van der Waals surface area contributed by atoms with Gasteiger partial charge in [-0.1, -0.05) is 79.4 Å². The quantitative estimate of drug-likeness (QED) is 0.280. The predicted octanol–water partition coefficient (Wildman–Crippen LogP) is 6.61. The first kappa shape index (κ1) is 24.0. The molecule has 1 amide bonds. The number of thioether (sulfide) groups is 1. The summed E-state index contributed by atoms with van der Waals surface area (Å²) in [6, 6.07) is 19.3. The molecule has 0 aliphatic carbocycles. The van der Waals surface area contributed by atoms with E-state index in [1.807, 2.05) is 6.08 Å². The first-order valence-corrected chi connectivity index (χ1v) is 13.7. The summed E-state index contributed by atoms with van der Waals surface area (Å²) in [4.78, 5) is 23.0. The van der Waals surface area contributed by atoms with Crippen molar-refractivity contribution in [1.82, 2.24) is 9.88 Å². The summed E-state index contributed by atoms with van der Waals surface area (Å²) < 4.78 is 0.649. The molecule has 0 spiro atoms. The lowest BCUT2D eigenvalue weighted by Gasteiger charge is -2.34. The Hall–Kier alpha value is -2.70. The molecule has 2 saturated heterocycles. The maximum absolute atomic E-state index is 13.0. The number of pyridine rings is 1. The van der Waals surface area contributed by atoms with Gasteiger partial charge in [0.05, 0.1) is 10.4 Å². The Kier molecular flexibility index (Phi) is 7.21. The van der Waals surface area contributed by atoms with Crippen LogP contribution in [0.5, 0.6) is 0 Å². The molecule has 4 nitrogen and oxygen atoms in total. The number of fused-ring (bicyclic) bond motifs is 1. The van der Waals surface area contributed by atoms with Crippen LogP contribution in [0, 0.1) is 12.8 Å². The topological polar surface area (TPSA) is 36.4 Å². The van der Waals surface area contributed by atoms with Crippen molar-refractivity contribution in [1.29, 1.82) is 0 Å². The minimum atomic E-state index is 0.0127. The number of carbonyl (C=O) groups is 1. The molecule has 0 radical (unpaired) electrons. The number of carbonyl (C=O) groups excluding carboxylic acids is 1. The molecule has 0 N–H and O–H groups in total. The number of hydrogen-bond donors (Lipinski definition) is 0. The van der Waals surface area contributed by atoms with E-state index in [4.69, 9.17) is 17.2 Å². The van der Waals surface area contributed by atoms with Crippen molar-refractivity contribution >= 4 is 57.0 Å². The second-order valence-corrected chi connectivity index (χ2v) is 11.2. The van der Waals surface area contributed by atoms with E-state index in [1.165, 1.54) is 22.9 Å². The standard InChI is InChI=1S/C29H31N3OS2/c1-3-14-32-28(33)25(35-29(32)34)19-24-18-23-11-7-8-20(2)26(23)30-27(24)31-15-12-22(13-16-31)17-21-9-5-4-6-10-21/h4-11,18-19,22H,3,12-17H2,1-2H3/b25-19-. The number of para-hydroxylation sites is 1. The second kappa shape index (κ2) is 10.5. The van der Waals surface area contributed by atoms with Crippen LogP contribution in [0.25, 0.3) is 17.0 Å². The number of benzene rings is 2. The maximum atomic E-state index is 13.0. The minimum absolute atomic E-state index is 0.0127. The lowest BCUT2D eigenvalue weighted by atomic mass is 9.90. The van der Waals surface area contributed by atoms with E-state index in [0.29, 0.717) is 21.7 Å². The Morgan fingerprint density at radius 2 is 1.89 bits per heavy atom. The van der Waals surface area contributed by atoms with E-state index in [-0.39, 0.29) is 5.91 Å². The zero-order valence-electron chi connectivity index (χ0n) is 20.4. The average molecular weight is 502 g/mol. The largest absolute Gasteiger partial charge is 0.356 e. The SMILES string of the molecule is CCCN1C(=O)/C(=C/c2cc3cccc(C)c3nc2N2CCC(Cc3ccccc3)CC2)SC1=S. The van der Waals surface area contributed by atoms with Crippen LogP contribution in [0.15, 0.2) is 59.5 Å². The van der Waals surface area contributed by atoms with Crippen LogP contribution < -0.4 is 4.90 Å². The van der Waals surface area contributed by atoms with Crippen molar-refractivity contribution in [3.05, 3.63) is 76.2 Å². The van der Waals surface area contributed by atoms with E-state index in [2.05, 4.69) is 73.3 Å². The number of nitrogens with zero attached hydrogens (tertiary/aromatic N) is 3. The van der Waals surface area contributed by atoms with Gasteiger partial charge < -0.3 is 4.90 Å². The first-order valence-electron chi connectivity index (χ1n) is 12.5. The smallest absolute Gasteiger partial charge is 0.266 e. The molecule has 2 aliphatic heterocycles. The van der Waals surface area contributed by atoms with Gasteiger partial charge >= 0.3 is 0 Å². The third-order valence-corrected chi connectivity index (χ3v) is 8.32. The highest BCUT2D eigenvalue weighted by atomic mass is 32.2. The van der Waals surface area contributed by atoms with Gasteiger partial charge in [-0.2, -0.15) is 0 Å². The van der Waals surface area contributed by atoms with Crippen molar-refractivity contribution < 1.29 is 4.79 Å². The normalized spacial score (nSPS) is 18.3. The van der Waals surface area contributed by atoms with E-state index in [1.54, 1.807) is 4.90 Å². The van der Waals surface area contributed by atoms with Gasteiger partial charge in [-0.3, -0.25) is 9.69 Å². The molecule has 3 heterocycles. The number of aryl methyl sites for hydroxylation is 1. The number of aromatic nitrogens is 1. The van der Waals surface area contributed by atoms with Gasteiger partial charge in [0.15, 0.2) is 0 Å².